The van der Waals surface area contributed by atoms with Crippen molar-refractivity contribution in [2.24, 2.45) is 5.92 Å². The molecule has 52 heavy (non-hydrogen) atoms. The maximum atomic E-state index is 14.2. The van der Waals surface area contributed by atoms with Gasteiger partial charge in [0.25, 0.3) is 5.56 Å². The Balaban J connectivity index is 0.917. The van der Waals surface area contributed by atoms with Crippen molar-refractivity contribution in [2.45, 2.75) is 57.3 Å². The van der Waals surface area contributed by atoms with Gasteiger partial charge in [-0.1, -0.05) is 60.7 Å². The molecule has 0 aliphatic carbocycles. The number of likely N-dealkylation sites (tertiary alicyclic amines) is 2. The van der Waals surface area contributed by atoms with Crippen molar-refractivity contribution in [3.63, 3.8) is 0 Å². The molecule has 2 saturated heterocycles. The van der Waals surface area contributed by atoms with Crippen LogP contribution in [-0.2, 0) is 24.4 Å². The zero-order chi connectivity index (χ0) is 35.7. The number of carbonyl (C=O) groups excluding carboxylic acids is 1. The molecule has 4 aromatic heterocycles. The van der Waals surface area contributed by atoms with E-state index in [0.717, 1.165) is 47.9 Å². The van der Waals surface area contributed by atoms with Crippen molar-refractivity contribution < 1.29 is 9.90 Å². The molecular weight excluding hydrogens is 671 g/mol. The Labute approximate surface area is 307 Å². The molecule has 2 aromatic carbocycles. The second kappa shape index (κ2) is 14.6. The molecule has 2 aliphatic heterocycles. The molecule has 2 aliphatic rings. The fourth-order valence-electron chi connectivity index (χ4n) is 7.81. The van der Waals surface area contributed by atoms with Crippen LogP contribution in [0.25, 0.3) is 21.6 Å². The van der Waals surface area contributed by atoms with Crippen LogP contribution in [0.15, 0.2) is 109 Å². The number of aromatic nitrogens is 5. The van der Waals surface area contributed by atoms with Crippen LogP contribution in [0, 0.1) is 12.8 Å². The molecule has 0 radical (unpaired) electrons. The van der Waals surface area contributed by atoms with E-state index in [4.69, 9.17) is 0 Å². The van der Waals surface area contributed by atoms with E-state index in [-0.39, 0.29) is 29.8 Å². The van der Waals surface area contributed by atoms with Crippen LogP contribution in [0.3, 0.4) is 0 Å². The van der Waals surface area contributed by atoms with Crippen molar-refractivity contribution in [1.82, 2.24) is 33.9 Å². The standard InChI is InChI=1S/C41H43N7O3S/c1-29-12-13-32(22-42-29)38-43-23-33(52-38)25-45-18-14-34(36(26-45)31-10-6-3-7-11-31)39(49)46-20-16-41(51,17-21-46)27-48-28-44-37-35(40(48)50)15-19-47(37)24-30-8-4-2-5-9-30/h2-13,15,19,22-23,28,34,36,51H,14,16-18,20-21,24-27H2,1H3/t34-,36+/m1/s1. The van der Waals surface area contributed by atoms with Gasteiger partial charge in [-0.05, 0) is 62.1 Å². The summed E-state index contributed by atoms with van der Waals surface area (Å²) in [5.41, 5.74) is 3.68. The minimum atomic E-state index is -1.10. The van der Waals surface area contributed by atoms with Crippen LogP contribution >= 0.6 is 11.3 Å². The number of aliphatic hydroxyl groups is 1. The first-order valence-electron chi connectivity index (χ1n) is 18.1. The summed E-state index contributed by atoms with van der Waals surface area (Å²) in [6.45, 7) is 6.04. The molecular formula is C41H43N7O3S. The van der Waals surface area contributed by atoms with Crippen molar-refractivity contribution in [3.8, 4) is 10.6 Å². The number of rotatable bonds is 9. The molecule has 2 fully saturated rings. The average molecular weight is 714 g/mol. The summed E-state index contributed by atoms with van der Waals surface area (Å²) in [6.07, 6.45) is 8.85. The topological polar surface area (TPSA) is 109 Å². The minimum absolute atomic E-state index is 0.0579. The number of hydrogen-bond acceptors (Lipinski definition) is 8. The van der Waals surface area contributed by atoms with E-state index in [1.54, 1.807) is 17.7 Å². The lowest BCUT2D eigenvalue weighted by Gasteiger charge is -2.43. The Morgan fingerprint density at radius 2 is 1.65 bits per heavy atom. The highest BCUT2D eigenvalue weighted by molar-refractivity contribution is 7.15. The molecule has 1 N–H and O–H groups in total. The van der Waals surface area contributed by atoms with Crippen LogP contribution in [0.4, 0.5) is 0 Å². The number of hydrogen-bond donors (Lipinski definition) is 1. The van der Waals surface area contributed by atoms with Gasteiger partial charge in [0, 0.05) is 79.3 Å². The Hall–Kier alpha value is -4.97. The van der Waals surface area contributed by atoms with E-state index < -0.39 is 5.60 Å². The summed E-state index contributed by atoms with van der Waals surface area (Å²) in [7, 11) is 0. The molecule has 1 amide bonds. The minimum Gasteiger partial charge on any atom is -0.388 e. The fourth-order valence-corrected chi connectivity index (χ4v) is 8.75. The maximum Gasteiger partial charge on any atom is 0.262 e. The highest BCUT2D eigenvalue weighted by Crippen LogP contribution is 2.37. The number of aryl methyl sites for hydroxylation is 1. The van der Waals surface area contributed by atoms with Gasteiger partial charge < -0.3 is 14.6 Å². The van der Waals surface area contributed by atoms with E-state index >= 15 is 0 Å². The molecule has 8 rings (SSSR count). The molecule has 10 nitrogen and oxygen atoms in total. The SMILES string of the molecule is Cc1ccc(-c2ncc(CN3CC[C@@H](C(=O)N4CCC(O)(Cn5cnc6c(ccn6Cc6ccccc6)c5=O)CC4)[C@H](c4ccccc4)C3)s2)cn1. The van der Waals surface area contributed by atoms with Crippen LogP contribution in [0.1, 0.15) is 46.9 Å². The summed E-state index contributed by atoms with van der Waals surface area (Å²) in [5.74, 6) is 0.0692. The number of pyridine rings is 1. The monoisotopic (exact) mass is 713 g/mol. The predicted molar refractivity (Wildman–Crippen MR) is 203 cm³/mol. The number of amides is 1. The van der Waals surface area contributed by atoms with Crippen LogP contribution in [0.2, 0.25) is 0 Å². The van der Waals surface area contributed by atoms with Crippen molar-refractivity contribution in [3.05, 3.63) is 136 Å². The molecule has 6 heterocycles. The smallest absolute Gasteiger partial charge is 0.262 e. The molecule has 0 saturated carbocycles. The Morgan fingerprint density at radius 1 is 0.885 bits per heavy atom. The van der Waals surface area contributed by atoms with Crippen LogP contribution < -0.4 is 5.56 Å². The molecule has 11 heteroatoms. The van der Waals surface area contributed by atoms with Gasteiger partial charge in [0.2, 0.25) is 5.91 Å². The van der Waals surface area contributed by atoms with E-state index in [1.165, 1.54) is 15.0 Å². The molecule has 266 valence electrons. The highest BCUT2D eigenvalue weighted by Gasteiger charge is 2.41. The molecule has 0 unspecified atom stereocenters. The summed E-state index contributed by atoms with van der Waals surface area (Å²) in [6, 6.07) is 26.4. The molecule has 0 spiro atoms. The molecule has 0 bridgehead atoms. The third-order valence-corrected chi connectivity index (χ3v) is 11.8. The van der Waals surface area contributed by atoms with Crippen LogP contribution in [0.5, 0.6) is 0 Å². The normalized spacial score (nSPS) is 19.2. The Morgan fingerprint density at radius 3 is 2.40 bits per heavy atom. The van der Waals surface area contributed by atoms with E-state index in [1.807, 2.05) is 83.5 Å². The van der Waals surface area contributed by atoms with Gasteiger partial charge in [-0.15, -0.1) is 11.3 Å². The van der Waals surface area contributed by atoms with Gasteiger partial charge >= 0.3 is 0 Å². The number of thiazole rings is 1. The average Bonchev–Trinajstić information content (AvgIpc) is 3.81. The first-order valence-corrected chi connectivity index (χ1v) is 18.9. The van der Waals surface area contributed by atoms with Crippen molar-refractivity contribution in [2.75, 3.05) is 26.2 Å². The van der Waals surface area contributed by atoms with Crippen LogP contribution in [-0.4, -0.2) is 76.7 Å². The second-order valence-corrected chi connectivity index (χ2v) is 15.5. The first kappa shape index (κ1) is 34.1. The van der Waals surface area contributed by atoms with Gasteiger partial charge in [0.15, 0.2) is 0 Å². The third-order valence-electron chi connectivity index (χ3n) is 10.7. The van der Waals surface area contributed by atoms with Gasteiger partial charge in [0.1, 0.15) is 17.0 Å². The zero-order valence-corrected chi connectivity index (χ0v) is 30.2. The van der Waals surface area contributed by atoms with E-state index in [9.17, 15) is 14.7 Å². The summed E-state index contributed by atoms with van der Waals surface area (Å²) in [5, 5.41) is 13.2. The third kappa shape index (κ3) is 7.21. The van der Waals surface area contributed by atoms with Gasteiger partial charge in [-0.3, -0.25) is 24.0 Å². The number of benzene rings is 2. The lowest BCUT2D eigenvalue weighted by Crippen LogP contribution is -2.53. The quantitative estimate of drug-likeness (QED) is 0.204. The van der Waals surface area contributed by atoms with E-state index in [2.05, 4.69) is 50.2 Å². The molecule has 2 atom stereocenters. The van der Waals surface area contributed by atoms with Gasteiger partial charge in [-0.25, -0.2) is 9.97 Å². The van der Waals surface area contributed by atoms with Crippen molar-refractivity contribution in [1.29, 1.82) is 0 Å². The number of carbonyl (C=O) groups is 1. The highest BCUT2D eigenvalue weighted by atomic mass is 32.1. The zero-order valence-electron chi connectivity index (χ0n) is 29.3. The fraction of sp³-hybridized carbons (Fsp3) is 0.341. The van der Waals surface area contributed by atoms with E-state index in [0.29, 0.717) is 43.5 Å². The predicted octanol–water partition coefficient (Wildman–Crippen LogP) is 5.73. The Bertz CT molecular complexity index is 2210. The van der Waals surface area contributed by atoms with Gasteiger partial charge in [-0.2, -0.15) is 0 Å². The largest absolute Gasteiger partial charge is 0.388 e. The summed E-state index contributed by atoms with van der Waals surface area (Å²) >= 11 is 1.70. The summed E-state index contributed by atoms with van der Waals surface area (Å²) < 4.78 is 3.50. The first-order chi connectivity index (χ1) is 25.3. The number of piperidine rings is 2. The second-order valence-electron chi connectivity index (χ2n) is 14.4. The lowest BCUT2D eigenvalue weighted by atomic mass is 9.79. The maximum absolute atomic E-state index is 14.2. The van der Waals surface area contributed by atoms with Crippen molar-refractivity contribution >= 4 is 28.3 Å². The van der Waals surface area contributed by atoms with Gasteiger partial charge in [0.05, 0.1) is 17.5 Å². The lowest BCUT2D eigenvalue weighted by molar-refractivity contribution is -0.142. The number of fused-ring (bicyclic) bond motifs is 1. The summed E-state index contributed by atoms with van der Waals surface area (Å²) in [4.78, 5) is 47.0. The Kier molecular flexibility index (Phi) is 9.57. The number of nitrogens with zero attached hydrogens (tertiary/aromatic N) is 7. The molecule has 6 aromatic rings.